The number of carbonyl (C=O) groups is 3. The third-order valence-corrected chi connectivity index (χ3v) is 4.75. The minimum Gasteiger partial charge on any atom is -0.497 e. The van der Waals surface area contributed by atoms with E-state index in [0.717, 1.165) is 10.6 Å². The van der Waals surface area contributed by atoms with Gasteiger partial charge in [-0.3, -0.25) is 4.79 Å². The molecule has 0 bridgehead atoms. The molecule has 10 heteroatoms. The van der Waals surface area contributed by atoms with E-state index in [1.165, 1.54) is 11.3 Å². The summed E-state index contributed by atoms with van der Waals surface area (Å²) in [5.74, 6) is -0.859. The lowest BCUT2D eigenvalue weighted by Crippen LogP contribution is -2.42. The van der Waals surface area contributed by atoms with Crippen molar-refractivity contribution in [2.45, 2.75) is 25.3 Å². The van der Waals surface area contributed by atoms with Crippen LogP contribution in [0.25, 0.3) is 10.6 Å². The van der Waals surface area contributed by atoms with Crippen molar-refractivity contribution >= 4 is 29.2 Å². The van der Waals surface area contributed by atoms with E-state index in [-0.39, 0.29) is 19.4 Å². The van der Waals surface area contributed by atoms with Crippen LogP contribution in [0.5, 0.6) is 5.75 Å². The van der Waals surface area contributed by atoms with Crippen molar-refractivity contribution in [3.05, 3.63) is 35.3 Å². The molecule has 0 saturated carbocycles. The van der Waals surface area contributed by atoms with Gasteiger partial charge in [0, 0.05) is 17.5 Å². The number of aliphatic carboxylic acids is 1. The molecule has 2 aromatic rings. The Hall–Kier alpha value is -3.14. The fraction of sp³-hybridized carbons (Fsp3) is 0.333. The first-order valence-corrected chi connectivity index (χ1v) is 9.41. The summed E-state index contributed by atoms with van der Waals surface area (Å²) in [6.45, 7) is 0.241. The molecular formula is C18H22N4O5S. The summed E-state index contributed by atoms with van der Waals surface area (Å²) in [6, 6.07) is 5.71. The van der Waals surface area contributed by atoms with E-state index >= 15 is 0 Å². The number of hydrogen-bond donors (Lipinski definition) is 4. The fourth-order valence-electron chi connectivity index (χ4n) is 2.46. The summed E-state index contributed by atoms with van der Waals surface area (Å²) in [4.78, 5) is 38.6. The zero-order chi connectivity index (χ0) is 20.5. The van der Waals surface area contributed by atoms with Crippen LogP contribution >= 0.6 is 11.3 Å². The topological polar surface area (TPSA) is 144 Å². The largest absolute Gasteiger partial charge is 0.497 e. The Labute approximate surface area is 165 Å². The van der Waals surface area contributed by atoms with Crippen molar-refractivity contribution in [2.24, 2.45) is 5.73 Å². The summed E-state index contributed by atoms with van der Waals surface area (Å²) in [5, 5.41) is 16.6. The number of primary amides is 1. The molecule has 3 amide bonds. The van der Waals surface area contributed by atoms with Crippen LogP contribution < -0.4 is 21.1 Å². The Morgan fingerprint density at radius 3 is 2.82 bits per heavy atom. The van der Waals surface area contributed by atoms with E-state index < -0.39 is 23.9 Å². The average Bonchev–Trinajstić information content (AvgIpc) is 3.12. The zero-order valence-electron chi connectivity index (χ0n) is 15.3. The molecule has 0 fully saturated rings. The first kappa shape index (κ1) is 21.2. The molecule has 0 aliphatic carbocycles. The van der Waals surface area contributed by atoms with Gasteiger partial charge in [-0.25, -0.2) is 14.6 Å². The molecule has 5 N–H and O–H groups in total. The lowest BCUT2D eigenvalue weighted by Gasteiger charge is -2.14. The number of carboxylic acid groups (broad SMARTS) is 1. The highest BCUT2D eigenvalue weighted by Crippen LogP contribution is 2.27. The molecule has 2 rings (SSSR count). The van der Waals surface area contributed by atoms with Crippen molar-refractivity contribution < 1.29 is 24.2 Å². The standard InChI is InChI=1S/C18H22N4O5S/c1-27-13-5-2-4-11(8-13)16-21-12(10-28-16)9-15(23)22-14(17(24)25)6-3-7-20-18(19)26/h2,4-5,8,10,14H,3,6-7,9H2,1H3,(H,22,23)(H,24,25)(H3,19,20,26). The summed E-state index contributed by atoms with van der Waals surface area (Å²) in [5.41, 5.74) is 6.38. The molecular weight excluding hydrogens is 384 g/mol. The Morgan fingerprint density at radius 2 is 2.14 bits per heavy atom. The van der Waals surface area contributed by atoms with Crippen LogP contribution in [0.4, 0.5) is 4.79 Å². The Balaban J connectivity index is 1.91. The maximum Gasteiger partial charge on any atom is 0.326 e. The smallest absolute Gasteiger partial charge is 0.326 e. The highest BCUT2D eigenvalue weighted by atomic mass is 32.1. The minimum atomic E-state index is -1.14. The highest BCUT2D eigenvalue weighted by molar-refractivity contribution is 7.13. The van der Waals surface area contributed by atoms with Gasteiger partial charge in [0.25, 0.3) is 0 Å². The number of carbonyl (C=O) groups excluding carboxylic acids is 2. The number of aromatic nitrogens is 1. The van der Waals surface area contributed by atoms with Crippen molar-refractivity contribution in [1.29, 1.82) is 0 Å². The number of nitrogens with two attached hydrogens (primary N) is 1. The second kappa shape index (κ2) is 10.3. The molecule has 0 saturated heterocycles. The maximum absolute atomic E-state index is 12.2. The summed E-state index contributed by atoms with van der Waals surface area (Å²) < 4.78 is 5.19. The van der Waals surface area contributed by atoms with Crippen molar-refractivity contribution in [3.8, 4) is 16.3 Å². The summed E-state index contributed by atoms with van der Waals surface area (Å²) >= 11 is 1.39. The highest BCUT2D eigenvalue weighted by Gasteiger charge is 2.20. The second-order valence-electron chi connectivity index (χ2n) is 5.94. The van der Waals surface area contributed by atoms with Crippen LogP contribution in [0, 0.1) is 0 Å². The van der Waals surface area contributed by atoms with Gasteiger partial charge in [0.2, 0.25) is 5.91 Å². The molecule has 0 radical (unpaired) electrons. The van der Waals surface area contributed by atoms with Crippen LogP contribution in [0.15, 0.2) is 29.6 Å². The predicted molar refractivity (Wildman–Crippen MR) is 104 cm³/mol. The third kappa shape index (κ3) is 6.54. The third-order valence-electron chi connectivity index (χ3n) is 3.81. The van der Waals surface area contributed by atoms with Gasteiger partial charge in [-0.1, -0.05) is 12.1 Å². The molecule has 28 heavy (non-hydrogen) atoms. The molecule has 9 nitrogen and oxygen atoms in total. The summed E-state index contributed by atoms with van der Waals surface area (Å²) in [7, 11) is 1.58. The summed E-state index contributed by atoms with van der Waals surface area (Å²) in [6.07, 6.45) is 0.522. The van der Waals surface area contributed by atoms with Crippen LogP contribution in [-0.4, -0.2) is 47.7 Å². The number of benzene rings is 1. The first-order chi connectivity index (χ1) is 13.4. The number of rotatable bonds is 10. The van der Waals surface area contributed by atoms with Crippen LogP contribution in [0.2, 0.25) is 0 Å². The molecule has 1 atom stereocenters. The lowest BCUT2D eigenvalue weighted by atomic mass is 10.1. The maximum atomic E-state index is 12.2. The molecule has 0 aliphatic rings. The van der Waals surface area contributed by atoms with Crippen LogP contribution in [-0.2, 0) is 16.0 Å². The van der Waals surface area contributed by atoms with E-state index in [0.29, 0.717) is 17.9 Å². The van der Waals surface area contributed by atoms with E-state index in [1.807, 2.05) is 24.3 Å². The van der Waals surface area contributed by atoms with Gasteiger partial charge >= 0.3 is 12.0 Å². The van der Waals surface area contributed by atoms with Crippen molar-refractivity contribution in [1.82, 2.24) is 15.6 Å². The Kier molecular flexibility index (Phi) is 7.76. The predicted octanol–water partition coefficient (Wildman–Crippen LogP) is 1.38. The molecule has 150 valence electrons. The average molecular weight is 406 g/mol. The number of thiazole rings is 1. The van der Waals surface area contributed by atoms with Crippen molar-refractivity contribution in [2.75, 3.05) is 13.7 Å². The zero-order valence-corrected chi connectivity index (χ0v) is 16.1. The number of hydrogen-bond acceptors (Lipinski definition) is 6. The normalized spacial score (nSPS) is 11.5. The van der Waals surface area contributed by atoms with E-state index in [1.54, 1.807) is 12.5 Å². The van der Waals surface area contributed by atoms with E-state index in [2.05, 4.69) is 15.6 Å². The fourth-order valence-corrected chi connectivity index (χ4v) is 3.28. The number of urea groups is 1. The lowest BCUT2D eigenvalue weighted by molar-refractivity contribution is -0.141. The molecule has 1 unspecified atom stereocenters. The number of carboxylic acids is 1. The monoisotopic (exact) mass is 406 g/mol. The van der Waals surface area contributed by atoms with Gasteiger partial charge in [-0.2, -0.15) is 0 Å². The number of ether oxygens (including phenoxy) is 1. The molecule has 0 aliphatic heterocycles. The van der Waals surface area contributed by atoms with Gasteiger partial charge in [0.05, 0.1) is 19.2 Å². The number of amides is 3. The van der Waals surface area contributed by atoms with Gasteiger partial charge < -0.3 is 26.2 Å². The second-order valence-corrected chi connectivity index (χ2v) is 6.80. The van der Waals surface area contributed by atoms with E-state index in [9.17, 15) is 19.5 Å². The van der Waals surface area contributed by atoms with Gasteiger partial charge in [0.1, 0.15) is 16.8 Å². The number of nitrogens with one attached hydrogen (secondary N) is 2. The Bertz CT molecular complexity index is 839. The van der Waals surface area contributed by atoms with Crippen molar-refractivity contribution in [3.63, 3.8) is 0 Å². The quantitative estimate of drug-likeness (QED) is 0.439. The SMILES string of the molecule is COc1cccc(-c2nc(CC(=O)NC(CCCNC(N)=O)C(=O)O)cs2)c1. The van der Waals surface area contributed by atoms with Gasteiger partial charge in [-0.15, -0.1) is 11.3 Å². The van der Waals surface area contributed by atoms with E-state index in [4.69, 9.17) is 10.5 Å². The van der Waals surface area contributed by atoms with Crippen LogP contribution in [0.1, 0.15) is 18.5 Å². The molecule has 1 heterocycles. The molecule has 1 aromatic carbocycles. The molecule has 1 aromatic heterocycles. The first-order valence-electron chi connectivity index (χ1n) is 8.53. The number of methoxy groups -OCH3 is 1. The Morgan fingerprint density at radius 1 is 1.36 bits per heavy atom. The molecule has 0 spiro atoms. The number of nitrogens with zero attached hydrogens (tertiary/aromatic N) is 1. The van der Waals surface area contributed by atoms with Crippen LogP contribution in [0.3, 0.4) is 0 Å². The van der Waals surface area contributed by atoms with Gasteiger partial charge in [-0.05, 0) is 25.0 Å². The van der Waals surface area contributed by atoms with Gasteiger partial charge in [0.15, 0.2) is 0 Å². The minimum absolute atomic E-state index is 0.0240.